The van der Waals surface area contributed by atoms with E-state index < -0.39 is 6.10 Å². The predicted molar refractivity (Wildman–Crippen MR) is 89.3 cm³/mol. The molecular formula is C18H18ClNO3. The number of halogens is 1. The molecule has 2 heterocycles. The summed E-state index contributed by atoms with van der Waals surface area (Å²) in [6, 6.07) is 10.2. The van der Waals surface area contributed by atoms with Crippen LogP contribution in [0.3, 0.4) is 0 Å². The van der Waals surface area contributed by atoms with Gasteiger partial charge in [-0.15, -0.1) is 12.4 Å². The van der Waals surface area contributed by atoms with Gasteiger partial charge < -0.3 is 14.6 Å². The summed E-state index contributed by atoms with van der Waals surface area (Å²) < 4.78 is 11.4. The largest absolute Gasteiger partial charge is 0.454 e. The number of nitrogens with zero attached hydrogens (tertiary/aromatic N) is 1. The molecule has 1 N–H and O–H groups in total. The van der Waals surface area contributed by atoms with Gasteiger partial charge in [-0.05, 0) is 41.8 Å². The maximum absolute atomic E-state index is 10.9. The van der Waals surface area contributed by atoms with E-state index in [9.17, 15) is 5.11 Å². The first-order chi connectivity index (χ1) is 10.8. The highest BCUT2D eigenvalue weighted by atomic mass is 35.5. The third kappa shape index (κ3) is 1.86. The molecule has 0 amide bonds. The maximum atomic E-state index is 10.9. The molecule has 2 atom stereocenters. The summed E-state index contributed by atoms with van der Waals surface area (Å²) in [5.41, 5.74) is 5.64. The van der Waals surface area contributed by atoms with E-state index in [1.54, 1.807) is 0 Å². The van der Waals surface area contributed by atoms with Gasteiger partial charge in [0.05, 0.1) is 12.1 Å². The lowest BCUT2D eigenvalue weighted by Crippen LogP contribution is -2.38. The van der Waals surface area contributed by atoms with Crippen LogP contribution in [0.2, 0.25) is 0 Å². The van der Waals surface area contributed by atoms with E-state index in [0.29, 0.717) is 0 Å². The molecule has 2 unspecified atom stereocenters. The predicted octanol–water partition coefficient (Wildman–Crippen LogP) is 3.08. The van der Waals surface area contributed by atoms with E-state index in [1.807, 2.05) is 18.2 Å². The first-order valence-corrected chi connectivity index (χ1v) is 7.68. The normalized spacial score (nSPS) is 23.7. The van der Waals surface area contributed by atoms with Gasteiger partial charge in [0.25, 0.3) is 0 Å². The Morgan fingerprint density at radius 2 is 2.04 bits per heavy atom. The topological polar surface area (TPSA) is 41.9 Å². The fourth-order valence-electron chi connectivity index (χ4n) is 4.13. The zero-order valence-corrected chi connectivity index (χ0v) is 13.6. The third-order valence-corrected chi connectivity index (χ3v) is 5.14. The minimum atomic E-state index is -0.506. The summed E-state index contributed by atoms with van der Waals surface area (Å²) in [5, 5.41) is 10.9. The SMILES string of the molecule is CN1CCc2cc3c(c4c2C1C(O)c1ccccc1-4)OCO3.Cl. The van der Waals surface area contributed by atoms with Gasteiger partial charge in [0.1, 0.15) is 0 Å². The highest BCUT2D eigenvalue weighted by Gasteiger charge is 2.42. The Balaban J connectivity index is 0.00000135. The second-order valence-electron chi connectivity index (χ2n) is 6.27. The molecule has 1 aliphatic carbocycles. The molecule has 0 aromatic heterocycles. The number of hydrogen-bond donors (Lipinski definition) is 1. The second-order valence-corrected chi connectivity index (χ2v) is 6.27. The molecule has 120 valence electrons. The summed E-state index contributed by atoms with van der Waals surface area (Å²) in [6.45, 7) is 1.21. The average Bonchev–Trinajstić information content (AvgIpc) is 3.00. The third-order valence-electron chi connectivity index (χ3n) is 5.14. The molecular weight excluding hydrogens is 314 g/mol. The number of rotatable bonds is 0. The van der Waals surface area contributed by atoms with E-state index in [0.717, 1.165) is 41.2 Å². The summed E-state index contributed by atoms with van der Waals surface area (Å²) >= 11 is 0. The average molecular weight is 332 g/mol. The Hall–Kier alpha value is -1.75. The zero-order chi connectivity index (χ0) is 14.8. The molecule has 3 aliphatic rings. The smallest absolute Gasteiger partial charge is 0.231 e. The lowest BCUT2D eigenvalue weighted by molar-refractivity contribution is 0.0543. The molecule has 0 saturated carbocycles. The molecule has 5 heteroatoms. The van der Waals surface area contributed by atoms with Crippen molar-refractivity contribution in [3.05, 3.63) is 47.0 Å². The number of aliphatic hydroxyl groups excluding tert-OH is 1. The molecule has 4 nitrogen and oxygen atoms in total. The Morgan fingerprint density at radius 3 is 2.91 bits per heavy atom. The highest BCUT2D eigenvalue weighted by Crippen LogP contribution is 2.56. The first kappa shape index (κ1) is 14.8. The molecule has 2 aromatic carbocycles. The van der Waals surface area contributed by atoms with Crippen molar-refractivity contribution < 1.29 is 14.6 Å². The zero-order valence-electron chi connectivity index (χ0n) is 12.8. The van der Waals surface area contributed by atoms with Crippen molar-refractivity contribution in [2.24, 2.45) is 0 Å². The van der Waals surface area contributed by atoms with Gasteiger partial charge in [-0.25, -0.2) is 0 Å². The van der Waals surface area contributed by atoms with Crippen molar-refractivity contribution in [3.8, 4) is 22.6 Å². The fourth-order valence-corrected chi connectivity index (χ4v) is 4.13. The number of ether oxygens (including phenoxy) is 2. The van der Waals surface area contributed by atoms with Crippen LogP contribution in [0.4, 0.5) is 0 Å². The lowest BCUT2D eigenvalue weighted by atomic mass is 9.75. The van der Waals surface area contributed by atoms with Crippen LogP contribution in [-0.2, 0) is 6.42 Å². The van der Waals surface area contributed by atoms with E-state index in [-0.39, 0.29) is 25.2 Å². The minimum absolute atomic E-state index is 0. The maximum Gasteiger partial charge on any atom is 0.231 e. The lowest BCUT2D eigenvalue weighted by Gasteiger charge is -2.42. The van der Waals surface area contributed by atoms with Crippen molar-refractivity contribution >= 4 is 12.4 Å². The highest BCUT2D eigenvalue weighted by molar-refractivity contribution is 5.85. The first-order valence-electron chi connectivity index (χ1n) is 7.68. The molecule has 2 aliphatic heterocycles. The molecule has 23 heavy (non-hydrogen) atoms. The summed E-state index contributed by atoms with van der Waals surface area (Å²) in [4.78, 5) is 2.24. The number of fused-ring (bicyclic) bond motifs is 4. The summed E-state index contributed by atoms with van der Waals surface area (Å²) in [5.74, 6) is 1.67. The molecule has 0 spiro atoms. The molecule has 0 radical (unpaired) electrons. The molecule has 0 fully saturated rings. The van der Waals surface area contributed by atoms with E-state index in [2.05, 4.69) is 24.1 Å². The van der Waals surface area contributed by atoms with Gasteiger partial charge in [0, 0.05) is 12.1 Å². The Bertz CT molecular complexity index is 792. The van der Waals surface area contributed by atoms with Crippen molar-refractivity contribution in [1.82, 2.24) is 4.90 Å². The second kappa shape index (κ2) is 5.13. The van der Waals surface area contributed by atoms with Crippen LogP contribution in [0.15, 0.2) is 30.3 Å². The van der Waals surface area contributed by atoms with Crippen LogP contribution in [0.25, 0.3) is 11.1 Å². The van der Waals surface area contributed by atoms with Gasteiger partial charge in [-0.3, -0.25) is 4.90 Å². The minimum Gasteiger partial charge on any atom is -0.454 e. The number of hydrogen-bond acceptors (Lipinski definition) is 4. The van der Waals surface area contributed by atoms with Crippen LogP contribution < -0.4 is 9.47 Å². The quantitative estimate of drug-likeness (QED) is 0.805. The monoisotopic (exact) mass is 331 g/mol. The van der Waals surface area contributed by atoms with Crippen LogP contribution in [0, 0.1) is 0 Å². The standard InChI is InChI=1S/C18H17NO3.ClH/c1-19-7-6-10-8-13-18(22-9-21-13)15-11-4-2-3-5-12(11)17(20)16(19)14(10)15;/h2-5,8,16-17,20H,6-7,9H2,1H3;1H. The Kier molecular flexibility index (Phi) is 3.30. The van der Waals surface area contributed by atoms with Gasteiger partial charge in [0.2, 0.25) is 6.79 Å². The van der Waals surface area contributed by atoms with Crippen molar-refractivity contribution in [3.63, 3.8) is 0 Å². The number of benzene rings is 2. The Labute approximate surface area is 141 Å². The molecule has 0 saturated heterocycles. The van der Waals surface area contributed by atoms with Gasteiger partial charge in [0.15, 0.2) is 11.5 Å². The van der Waals surface area contributed by atoms with Gasteiger partial charge in [-0.2, -0.15) is 0 Å². The molecule has 0 bridgehead atoms. The van der Waals surface area contributed by atoms with Crippen molar-refractivity contribution in [2.75, 3.05) is 20.4 Å². The summed E-state index contributed by atoms with van der Waals surface area (Å²) in [6.07, 6.45) is 0.467. The van der Waals surface area contributed by atoms with Crippen LogP contribution in [-0.4, -0.2) is 30.4 Å². The fraction of sp³-hybridized carbons (Fsp3) is 0.333. The van der Waals surface area contributed by atoms with Crippen LogP contribution in [0.5, 0.6) is 11.5 Å². The van der Waals surface area contributed by atoms with E-state index in [1.165, 1.54) is 11.1 Å². The van der Waals surface area contributed by atoms with Crippen molar-refractivity contribution in [2.45, 2.75) is 18.6 Å². The van der Waals surface area contributed by atoms with Crippen LogP contribution in [0.1, 0.15) is 28.8 Å². The van der Waals surface area contributed by atoms with Crippen LogP contribution >= 0.6 is 12.4 Å². The van der Waals surface area contributed by atoms with Crippen molar-refractivity contribution in [1.29, 1.82) is 0 Å². The van der Waals surface area contributed by atoms with E-state index >= 15 is 0 Å². The van der Waals surface area contributed by atoms with E-state index in [4.69, 9.17) is 9.47 Å². The molecule has 2 aromatic rings. The Morgan fingerprint density at radius 1 is 1.22 bits per heavy atom. The summed E-state index contributed by atoms with van der Waals surface area (Å²) in [7, 11) is 2.08. The number of likely N-dealkylation sites (N-methyl/N-ethyl adjacent to an activating group) is 1. The molecule has 5 rings (SSSR count). The van der Waals surface area contributed by atoms with Gasteiger partial charge in [-0.1, -0.05) is 24.3 Å². The number of aliphatic hydroxyl groups is 1. The van der Waals surface area contributed by atoms with Gasteiger partial charge >= 0.3 is 0 Å².